The average molecular weight is 416 g/mol. The van der Waals surface area contributed by atoms with E-state index in [1.54, 1.807) is 21.6 Å². The number of aromatic nitrogens is 9. The molecule has 5 rings (SSSR count). The lowest BCUT2D eigenvalue weighted by Crippen LogP contribution is -2.07. The first-order chi connectivity index (χ1) is 15.0. The quantitative estimate of drug-likeness (QED) is 0.445. The number of hydrogen-bond donors (Lipinski definition) is 2. The third kappa shape index (κ3) is 3.30. The summed E-state index contributed by atoms with van der Waals surface area (Å²) < 4.78 is 5.41. The van der Waals surface area contributed by atoms with Crippen molar-refractivity contribution in [1.82, 2.24) is 43.9 Å². The molecule has 0 aromatic carbocycles. The van der Waals surface area contributed by atoms with Crippen LogP contribution in [-0.2, 0) is 20.7 Å². The molecular formula is C20H20N10O. The van der Waals surface area contributed by atoms with Crippen LogP contribution in [0.5, 0.6) is 0 Å². The Morgan fingerprint density at radius 2 is 1.94 bits per heavy atom. The maximum absolute atomic E-state index is 9.21. The van der Waals surface area contributed by atoms with E-state index in [9.17, 15) is 5.11 Å². The van der Waals surface area contributed by atoms with Gasteiger partial charge in [0.25, 0.3) is 0 Å². The van der Waals surface area contributed by atoms with E-state index in [2.05, 4.69) is 25.4 Å². The van der Waals surface area contributed by atoms with Crippen LogP contribution in [0.2, 0.25) is 0 Å². The van der Waals surface area contributed by atoms with Gasteiger partial charge in [-0.3, -0.25) is 9.67 Å². The van der Waals surface area contributed by atoms with E-state index in [4.69, 9.17) is 10.1 Å². The SMILES string of the molecule is Cc1c(-c2ccn(C)n2)cn2nc(-c3nccn3C)nc(Nc3cnc(CO)cn3)c12. The summed E-state index contributed by atoms with van der Waals surface area (Å²) in [5.74, 6) is 2.17. The van der Waals surface area contributed by atoms with Crippen LogP contribution >= 0.6 is 0 Å². The number of nitrogens with zero attached hydrogens (tertiary/aromatic N) is 9. The van der Waals surface area contributed by atoms with E-state index in [0.717, 1.165) is 22.3 Å². The van der Waals surface area contributed by atoms with Crippen molar-refractivity contribution in [3.05, 3.63) is 54.5 Å². The van der Waals surface area contributed by atoms with Gasteiger partial charge in [0.15, 0.2) is 11.6 Å². The second kappa shape index (κ2) is 7.29. The van der Waals surface area contributed by atoms with E-state index in [-0.39, 0.29) is 6.61 Å². The van der Waals surface area contributed by atoms with Crippen LogP contribution in [0.1, 0.15) is 11.3 Å². The lowest BCUT2D eigenvalue weighted by molar-refractivity contribution is 0.276. The predicted octanol–water partition coefficient (Wildman–Crippen LogP) is 1.86. The Balaban J connectivity index is 1.69. The zero-order chi connectivity index (χ0) is 21.5. The van der Waals surface area contributed by atoms with E-state index in [1.165, 1.54) is 6.20 Å². The molecule has 0 amide bonds. The fourth-order valence-corrected chi connectivity index (χ4v) is 3.43. The molecule has 0 saturated heterocycles. The van der Waals surface area contributed by atoms with Crippen molar-refractivity contribution in [2.24, 2.45) is 14.1 Å². The molecule has 0 bridgehead atoms. The highest BCUT2D eigenvalue weighted by Crippen LogP contribution is 2.32. The lowest BCUT2D eigenvalue weighted by atomic mass is 10.1. The summed E-state index contributed by atoms with van der Waals surface area (Å²) in [7, 11) is 3.78. The molecule has 0 atom stereocenters. The third-order valence-electron chi connectivity index (χ3n) is 5.01. The van der Waals surface area contributed by atoms with Crippen molar-refractivity contribution in [2.75, 3.05) is 5.32 Å². The number of aliphatic hydroxyl groups is 1. The Morgan fingerprint density at radius 1 is 1.06 bits per heavy atom. The van der Waals surface area contributed by atoms with E-state index >= 15 is 0 Å². The molecule has 5 heterocycles. The second-order valence-corrected chi connectivity index (χ2v) is 7.16. The first-order valence-corrected chi connectivity index (χ1v) is 9.60. The minimum absolute atomic E-state index is 0.167. The number of aliphatic hydroxyl groups excluding tert-OH is 1. The highest BCUT2D eigenvalue weighted by Gasteiger charge is 2.19. The van der Waals surface area contributed by atoms with E-state index in [0.29, 0.717) is 29.0 Å². The summed E-state index contributed by atoms with van der Waals surface area (Å²) >= 11 is 0. The largest absolute Gasteiger partial charge is 0.390 e. The number of hydrogen-bond acceptors (Lipinski definition) is 8. The van der Waals surface area contributed by atoms with Gasteiger partial charge in [0.05, 0.1) is 30.4 Å². The number of rotatable bonds is 5. The Morgan fingerprint density at radius 3 is 2.58 bits per heavy atom. The number of nitrogens with one attached hydrogen (secondary N) is 1. The maximum atomic E-state index is 9.21. The predicted molar refractivity (Wildman–Crippen MR) is 113 cm³/mol. The molecule has 2 N–H and O–H groups in total. The van der Waals surface area contributed by atoms with Crippen LogP contribution in [0.15, 0.2) is 43.2 Å². The van der Waals surface area contributed by atoms with Gasteiger partial charge in [-0.25, -0.2) is 19.5 Å². The van der Waals surface area contributed by atoms with Crippen LogP contribution in [0.3, 0.4) is 0 Å². The minimum atomic E-state index is -0.167. The van der Waals surface area contributed by atoms with Crippen LogP contribution in [0.4, 0.5) is 11.6 Å². The Bertz CT molecular complexity index is 1380. The van der Waals surface area contributed by atoms with Crippen molar-refractivity contribution in [1.29, 1.82) is 0 Å². The van der Waals surface area contributed by atoms with Crippen molar-refractivity contribution in [3.8, 4) is 22.9 Å². The molecule has 0 radical (unpaired) electrons. The molecular weight excluding hydrogens is 396 g/mol. The molecule has 0 aliphatic rings. The zero-order valence-corrected chi connectivity index (χ0v) is 17.2. The monoisotopic (exact) mass is 416 g/mol. The number of anilines is 2. The molecule has 0 saturated carbocycles. The van der Waals surface area contributed by atoms with Gasteiger partial charge in [-0.15, -0.1) is 5.10 Å². The first kappa shape index (κ1) is 18.9. The number of fused-ring (bicyclic) bond motifs is 1. The van der Waals surface area contributed by atoms with Crippen molar-refractivity contribution >= 4 is 17.2 Å². The average Bonchev–Trinajstić information content (AvgIpc) is 3.47. The van der Waals surface area contributed by atoms with Gasteiger partial charge in [0.1, 0.15) is 11.3 Å². The molecule has 0 spiro atoms. The fourth-order valence-electron chi connectivity index (χ4n) is 3.43. The molecule has 156 valence electrons. The minimum Gasteiger partial charge on any atom is -0.390 e. The van der Waals surface area contributed by atoms with Crippen molar-refractivity contribution < 1.29 is 5.11 Å². The molecule has 11 nitrogen and oxygen atoms in total. The lowest BCUT2D eigenvalue weighted by Gasteiger charge is -2.10. The summed E-state index contributed by atoms with van der Waals surface area (Å²) in [6.45, 7) is 1.84. The Labute approximate surface area is 177 Å². The van der Waals surface area contributed by atoms with Gasteiger partial charge in [0, 0.05) is 44.4 Å². The molecule has 0 unspecified atom stereocenters. The molecule has 5 aromatic rings. The van der Waals surface area contributed by atoms with E-state index < -0.39 is 0 Å². The third-order valence-corrected chi connectivity index (χ3v) is 5.01. The van der Waals surface area contributed by atoms with Crippen molar-refractivity contribution in [3.63, 3.8) is 0 Å². The smallest absolute Gasteiger partial charge is 0.218 e. The summed E-state index contributed by atoms with van der Waals surface area (Å²) in [6, 6.07) is 1.96. The summed E-state index contributed by atoms with van der Waals surface area (Å²) in [5.41, 5.74) is 4.07. The highest BCUT2D eigenvalue weighted by atomic mass is 16.3. The van der Waals surface area contributed by atoms with Gasteiger partial charge in [0.2, 0.25) is 5.82 Å². The summed E-state index contributed by atoms with van der Waals surface area (Å²) in [6.07, 6.45) is 10.5. The molecule has 5 aromatic heterocycles. The van der Waals surface area contributed by atoms with Gasteiger partial charge in [-0.1, -0.05) is 0 Å². The summed E-state index contributed by atoms with van der Waals surface area (Å²) in [4.78, 5) is 17.6. The number of imidazole rings is 1. The number of aryl methyl sites for hydroxylation is 3. The normalized spacial score (nSPS) is 11.4. The van der Waals surface area contributed by atoms with Crippen LogP contribution < -0.4 is 5.32 Å². The molecule has 11 heteroatoms. The van der Waals surface area contributed by atoms with Gasteiger partial charge >= 0.3 is 0 Å². The van der Waals surface area contributed by atoms with Gasteiger partial charge < -0.3 is 15.0 Å². The van der Waals surface area contributed by atoms with Crippen LogP contribution in [0, 0.1) is 6.92 Å². The second-order valence-electron chi connectivity index (χ2n) is 7.16. The van der Waals surface area contributed by atoms with Crippen molar-refractivity contribution in [2.45, 2.75) is 13.5 Å². The van der Waals surface area contributed by atoms with Crippen LogP contribution in [0.25, 0.3) is 28.4 Å². The van der Waals surface area contributed by atoms with Gasteiger partial charge in [-0.05, 0) is 18.6 Å². The Hall–Kier alpha value is -4.12. The molecule has 31 heavy (non-hydrogen) atoms. The first-order valence-electron chi connectivity index (χ1n) is 9.60. The standard InChI is InChI=1S/C20H20N10O/c1-12-14(15-4-6-29(3)26-15)10-30-17(12)18(24-16-9-22-13(11-31)8-23-16)25-19(27-30)20-21-5-7-28(20)2/h4-10,31H,11H2,1-3H3,(H,23,24,25,27). The highest BCUT2D eigenvalue weighted by molar-refractivity contribution is 5.83. The maximum Gasteiger partial charge on any atom is 0.218 e. The zero-order valence-electron chi connectivity index (χ0n) is 17.2. The fraction of sp³-hybridized carbons (Fsp3) is 0.200. The van der Waals surface area contributed by atoms with Gasteiger partial charge in [-0.2, -0.15) is 5.10 Å². The molecule has 0 fully saturated rings. The molecule has 0 aliphatic heterocycles. The topological polar surface area (TPSA) is 124 Å². The molecule has 0 aliphatic carbocycles. The van der Waals surface area contributed by atoms with Crippen LogP contribution in [-0.4, -0.2) is 49.0 Å². The van der Waals surface area contributed by atoms with E-state index in [1.807, 2.05) is 50.2 Å². The Kier molecular flexibility index (Phi) is 4.44. The summed E-state index contributed by atoms with van der Waals surface area (Å²) in [5, 5.41) is 21.7.